The van der Waals surface area contributed by atoms with Gasteiger partial charge < -0.3 is 4.74 Å². The Kier molecular flexibility index (Phi) is 1.45. The lowest BCUT2D eigenvalue weighted by Gasteiger charge is -2.32. The van der Waals surface area contributed by atoms with Gasteiger partial charge in [-0.25, -0.2) is 0 Å². The molecule has 0 aromatic heterocycles. The first kappa shape index (κ1) is 8.48. The summed E-state index contributed by atoms with van der Waals surface area (Å²) in [5, 5.41) is 0.428. The molecule has 2 saturated carbocycles. The Morgan fingerprint density at radius 2 is 2.00 bits per heavy atom. The van der Waals surface area contributed by atoms with Crippen LogP contribution in [0.4, 0.5) is 0 Å². The van der Waals surface area contributed by atoms with Gasteiger partial charge in [-0.1, -0.05) is 19.6 Å². The van der Waals surface area contributed by atoms with Crippen LogP contribution in [0.3, 0.4) is 0 Å². The first-order valence-corrected chi connectivity index (χ1v) is 9.21. The molecule has 0 radical (unpaired) electrons. The van der Waals surface area contributed by atoms with Crippen LogP contribution in [-0.4, -0.2) is 19.4 Å². The summed E-state index contributed by atoms with van der Waals surface area (Å²) in [5.41, 5.74) is 0. The van der Waals surface area contributed by atoms with Crippen LogP contribution in [0.25, 0.3) is 0 Å². The summed E-state index contributed by atoms with van der Waals surface area (Å²) < 4.78 is 6.13. The number of ether oxygens (including phenoxy) is 1. The molecule has 13 heavy (non-hydrogen) atoms. The predicted molar refractivity (Wildman–Crippen MR) is 56.4 cm³/mol. The third-order valence-electron chi connectivity index (χ3n) is 4.61. The molecule has 2 heteroatoms. The molecule has 1 aliphatic heterocycles. The second-order valence-electron chi connectivity index (χ2n) is 6.32. The number of hydrogen-bond acceptors (Lipinski definition) is 1. The Labute approximate surface area is 81.9 Å². The molecule has 4 atom stereocenters. The van der Waals surface area contributed by atoms with Crippen molar-refractivity contribution in [3.8, 4) is 0 Å². The minimum Gasteiger partial charge on any atom is -0.370 e. The SMILES string of the molecule is C[Si](C)(C)C12CC3CCC(C3)C1O2. The highest BCUT2D eigenvalue weighted by molar-refractivity contribution is 6.79. The number of fused-ring (bicyclic) bond motifs is 4. The molecule has 3 fully saturated rings. The van der Waals surface area contributed by atoms with Crippen molar-refractivity contribution >= 4 is 8.07 Å². The Morgan fingerprint density at radius 3 is 2.69 bits per heavy atom. The van der Waals surface area contributed by atoms with E-state index >= 15 is 0 Å². The lowest BCUT2D eigenvalue weighted by atomic mass is 9.89. The van der Waals surface area contributed by atoms with Gasteiger partial charge >= 0.3 is 0 Å². The van der Waals surface area contributed by atoms with E-state index in [1.165, 1.54) is 25.7 Å². The Balaban J connectivity index is 1.90. The Morgan fingerprint density at radius 1 is 1.23 bits per heavy atom. The molecule has 0 amide bonds. The largest absolute Gasteiger partial charge is 0.370 e. The van der Waals surface area contributed by atoms with Crippen LogP contribution >= 0.6 is 0 Å². The zero-order valence-electron chi connectivity index (χ0n) is 8.97. The lowest BCUT2D eigenvalue weighted by Crippen LogP contribution is -2.47. The van der Waals surface area contributed by atoms with E-state index < -0.39 is 8.07 Å². The summed E-state index contributed by atoms with van der Waals surface area (Å²) in [6, 6.07) is 0. The quantitative estimate of drug-likeness (QED) is 0.464. The van der Waals surface area contributed by atoms with Gasteiger partial charge in [0, 0.05) is 0 Å². The third-order valence-corrected chi connectivity index (χ3v) is 7.76. The van der Waals surface area contributed by atoms with E-state index in [1.807, 2.05) is 0 Å². The average molecular weight is 196 g/mol. The van der Waals surface area contributed by atoms with Crippen LogP contribution in [0.2, 0.25) is 19.6 Å². The van der Waals surface area contributed by atoms with E-state index in [0.29, 0.717) is 11.3 Å². The second-order valence-corrected chi connectivity index (χ2v) is 11.7. The molecule has 3 aliphatic rings. The molecular weight excluding hydrogens is 176 g/mol. The van der Waals surface area contributed by atoms with Gasteiger partial charge in [0.05, 0.1) is 19.4 Å². The average Bonchev–Trinajstić information content (AvgIpc) is 2.62. The molecule has 2 aliphatic carbocycles. The minimum absolute atomic E-state index is 0.428. The van der Waals surface area contributed by atoms with Crippen molar-refractivity contribution in [3.63, 3.8) is 0 Å². The fourth-order valence-electron chi connectivity index (χ4n) is 3.75. The molecular formula is C11H20OSi. The predicted octanol–water partition coefficient (Wildman–Crippen LogP) is 2.82. The first-order valence-electron chi connectivity index (χ1n) is 5.71. The van der Waals surface area contributed by atoms with Crippen molar-refractivity contribution in [2.75, 3.05) is 0 Å². The van der Waals surface area contributed by atoms with Gasteiger partial charge in [0.15, 0.2) is 0 Å². The molecule has 0 N–H and O–H groups in total. The van der Waals surface area contributed by atoms with Gasteiger partial charge in [0.1, 0.15) is 0 Å². The maximum atomic E-state index is 6.13. The standard InChI is InChI=1S/C11H20OSi/c1-13(2,3)11-7-8-4-5-9(6-8)10(11)12-11/h8-10H,4-7H2,1-3H3. The lowest BCUT2D eigenvalue weighted by molar-refractivity contribution is 0.304. The van der Waals surface area contributed by atoms with E-state index in [4.69, 9.17) is 4.74 Å². The van der Waals surface area contributed by atoms with Crippen molar-refractivity contribution < 1.29 is 4.74 Å². The maximum Gasteiger partial charge on any atom is 0.0867 e. The zero-order chi connectivity index (χ0) is 9.27. The van der Waals surface area contributed by atoms with Crippen LogP contribution in [-0.2, 0) is 4.74 Å². The van der Waals surface area contributed by atoms with Gasteiger partial charge in [-0.15, -0.1) is 0 Å². The fraction of sp³-hybridized carbons (Fsp3) is 1.00. The van der Waals surface area contributed by atoms with E-state index in [2.05, 4.69) is 19.6 Å². The summed E-state index contributed by atoms with van der Waals surface area (Å²) >= 11 is 0. The molecule has 0 aromatic rings. The second kappa shape index (κ2) is 2.22. The molecule has 0 aromatic carbocycles. The molecule has 2 bridgehead atoms. The normalized spacial score (nSPS) is 53.3. The molecule has 4 unspecified atom stereocenters. The van der Waals surface area contributed by atoms with Crippen LogP contribution < -0.4 is 0 Å². The zero-order valence-corrected chi connectivity index (χ0v) is 9.97. The van der Waals surface area contributed by atoms with Crippen LogP contribution in [0, 0.1) is 11.8 Å². The third kappa shape index (κ3) is 0.964. The minimum atomic E-state index is -1.07. The summed E-state index contributed by atoms with van der Waals surface area (Å²) in [6.45, 7) is 7.45. The molecule has 0 spiro atoms. The van der Waals surface area contributed by atoms with Gasteiger partial charge in [-0.05, 0) is 37.5 Å². The van der Waals surface area contributed by atoms with Crippen molar-refractivity contribution in [3.05, 3.63) is 0 Å². The number of rotatable bonds is 1. The number of hydrogen-bond donors (Lipinski definition) is 0. The topological polar surface area (TPSA) is 12.5 Å². The highest BCUT2D eigenvalue weighted by atomic mass is 28.3. The Bertz CT molecular complexity index is 245. The van der Waals surface area contributed by atoms with Gasteiger partial charge in [-0.3, -0.25) is 0 Å². The highest BCUT2D eigenvalue weighted by Gasteiger charge is 2.69. The van der Waals surface area contributed by atoms with Crippen LogP contribution in [0.15, 0.2) is 0 Å². The van der Waals surface area contributed by atoms with E-state index in [9.17, 15) is 0 Å². The summed E-state index contributed by atoms with van der Waals surface area (Å²) in [5.74, 6) is 1.97. The smallest absolute Gasteiger partial charge is 0.0867 e. The van der Waals surface area contributed by atoms with Crippen LogP contribution in [0.5, 0.6) is 0 Å². The van der Waals surface area contributed by atoms with E-state index in [0.717, 1.165) is 11.8 Å². The molecule has 74 valence electrons. The van der Waals surface area contributed by atoms with Gasteiger partial charge in [-0.2, -0.15) is 0 Å². The monoisotopic (exact) mass is 196 g/mol. The van der Waals surface area contributed by atoms with E-state index in [1.54, 1.807) is 0 Å². The molecule has 1 saturated heterocycles. The van der Waals surface area contributed by atoms with Crippen molar-refractivity contribution in [2.45, 2.75) is 56.7 Å². The summed E-state index contributed by atoms with van der Waals surface area (Å²) in [4.78, 5) is 0. The fourth-order valence-corrected chi connectivity index (χ4v) is 6.22. The molecule has 1 heterocycles. The summed E-state index contributed by atoms with van der Waals surface area (Å²) in [7, 11) is -1.07. The van der Waals surface area contributed by atoms with E-state index in [-0.39, 0.29) is 0 Å². The number of epoxide rings is 1. The molecule has 3 rings (SSSR count). The van der Waals surface area contributed by atoms with Crippen LogP contribution in [0.1, 0.15) is 25.7 Å². The van der Waals surface area contributed by atoms with Crippen molar-refractivity contribution in [1.29, 1.82) is 0 Å². The van der Waals surface area contributed by atoms with Crippen molar-refractivity contribution in [2.24, 2.45) is 11.8 Å². The Hall–Kier alpha value is 0.177. The van der Waals surface area contributed by atoms with Crippen molar-refractivity contribution in [1.82, 2.24) is 0 Å². The maximum absolute atomic E-state index is 6.13. The van der Waals surface area contributed by atoms with Gasteiger partial charge in [0.2, 0.25) is 0 Å². The molecule has 1 nitrogen and oxygen atoms in total. The first-order chi connectivity index (χ1) is 6.03. The summed E-state index contributed by atoms with van der Waals surface area (Å²) in [6.07, 6.45) is 6.54. The van der Waals surface area contributed by atoms with Gasteiger partial charge in [0.25, 0.3) is 0 Å². The highest BCUT2D eigenvalue weighted by Crippen LogP contribution is 2.61.